The van der Waals surface area contributed by atoms with Crippen LogP contribution in [0.2, 0.25) is 5.02 Å². The van der Waals surface area contributed by atoms with E-state index >= 15 is 0 Å². The van der Waals surface area contributed by atoms with Gasteiger partial charge in [-0.1, -0.05) is 41.4 Å². The van der Waals surface area contributed by atoms with Crippen molar-refractivity contribution >= 4 is 44.8 Å². The predicted octanol–water partition coefficient (Wildman–Crippen LogP) is 5.64. The Kier molecular flexibility index (Phi) is 8.73. The minimum atomic E-state index is -4.86. The summed E-state index contributed by atoms with van der Waals surface area (Å²) in [5.74, 6) is -1.35. The number of nitrogens with zero attached hydrogens (tertiary/aromatic N) is 1. The summed E-state index contributed by atoms with van der Waals surface area (Å²) in [7, 11) is -4.49. The van der Waals surface area contributed by atoms with Crippen LogP contribution in [-0.4, -0.2) is 32.8 Å². The maximum absolute atomic E-state index is 13.5. The summed E-state index contributed by atoms with van der Waals surface area (Å²) >= 11 is 5.73. The van der Waals surface area contributed by atoms with Gasteiger partial charge in [-0.3, -0.25) is 13.9 Å². The summed E-state index contributed by atoms with van der Waals surface area (Å²) in [5.41, 5.74) is -0.667. The van der Waals surface area contributed by atoms with Gasteiger partial charge in [0.2, 0.25) is 5.91 Å². The van der Waals surface area contributed by atoms with Crippen molar-refractivity contribution in [1.82, 2.24) is 5.32 Å². The Hall–Kier alpha value is -3.57. The van der Waals surface area contributed by atoms with Crippen LogP contribution in [0.4, 0.5) is 24.5 Å². The smallest absolute Gasteiger partial charge is 0.350 e. The fourth-order valence-corrected chi connectivity index (χ4v) is 5.13. The van der Waals surface area contributed by atoms with E-state index in [1.807, 2.05) is 0 Å². The number of carbonyl (C=O) groups excluding carboxylic acids is 2. The molecule has 0 saturated carbocycles. The second-order valence-corrected chi connectivity index (χ2v) is 11.0. The third kappa shape index (κ3) is 6.84. The van der Waals surface area contributed by atoms with Crippen LogP contribution >= 0.6 is 11.6 Å². The van der Waals surface area contributed by atoms with Gasteiger partial charge in [0, 0.05) is 6.04 Å². The lowest BCUT2D eigenvalue weighted by molar-refractivity contribution is -0.137. The van der Waals surface area contributed by atoms with Gasteiger partial charge < -0.3 is 10.6 Å². The fourth-order valence-electron chi connectivity index (χ4n) is 3.49. The number of anilines is 2. The number of alkyl halides is 3. The van der Waals surface area contributed by atoms with E-state index in [-0.39, 0.29) is 22.2 Å². The number of nitrogens with one attached hydrogen (secondary N) is 2. The van der Waals surface area contributed by atoms with Crippen molar-refractivity contribution in [2.24, 2.45) is 0 Å². The fraction of sp³-hybridized carbons (Fsp3) is 0.231. The molecule has 0 fully saturated rings. The van der Waals surface area contributed by atoms with Crippen molar-refractivity contribution < 1.29 is 31.2 Å². The summed E-state index contributed by atoms with van der Waals surface area (Å²) in [6, 6.07) is 14.1. The standard InChI is InChI=1S/C26H25ClF3N3O4S/c1-16(2)31-25(35)20-6-4-5-7-23(20)32-24(34)15-33(38(36,37)19-11-8-17(3)9-12-19)18-10-13-22(27)21(14-18)26(28,29)30/h4-14,16H,15H2,1-3H3,(H,31,35)(H,32,34). The molecule has 3 aromatic carbocycles. The second-order valence-electron chi connectivity index (χ2n) is 8.71. The minimum absolute atomic E-state index is 0.107. The number of halogens is 4. The van der Waals surface area contributed by atoms with E-state index in [9.17, 15) is 31.2 Å². The zero-order valence-corrected chi connectivity index (χ0v) is 22.2. The van der Waals surface area contributed by atoms with Crippen molar-refractivity contribution in [3.05, 3.63) is 88.4 Å². The predicted molar refractivity (Wildman–Crippen MR) is 140 cm³/mol. The molecular weight excluding hydrogens is 543 g/mol. The maximum Gasteiger partial charge on any atom is 0.417 e. The largest absolute Gasteiger partial charge is 0.417 e. The molecule has 0 aliphatic heterocycles. The Labute approximate surface area is 223 Å². The molecule has 202 valence electrons. The zero-order chi connectivity index (χ0) is 28.3. The molecule has 2 amide bonds. The third-order valence-electron chi connectivity index (χ3n) is 5.31. The van der Waals surface area contributed by atoms with Gasteiger partial charge in [-0.05, 0) is 63.2 Å². The van der Waals surface area contributed by atoms with Crippen LogP contribution in [0, 0.1) is 6.92 Å². The number of para-hydroxylation sites is 1. The van der Waals surface area contributed by atoms with E-state index in [4.69, 9.17) is 11.6 Å². The molecule has 3 rings (SSSR count). The summed E-state index contributed by atoms with van der Waals surface area (Å²) in [5, 5.41) is 4.58. The first-order valence-corrected chi connectivity index (χ1v) is 13.2. The molecule has 0 bridgehead atoms. The van der Waals surface area contributed by atoms with Crippen LogP contribution in [0.1, 0.15) is 35.3 Å². The summed E-state index contributed by atoms with van der Waals surface area (Å²) in [6.07, 6.45) is -4.86. The van der Waals surface area contributed by atoms with Gasteiger partial charge in [0.05, 0.1) is 32.4 Å². The Morgan fingerprint density at radius 1 is 1.00 bits per heavy atom. The summed E-state index contributed by atoms with van der Waals surface area (Å²) in [4.78, 5) is 25.4. The third-order valence-corrected chi connectivity index (χ3v) is 7.42. The van der Waals surface area contributed by atoms with Gasteiger partial charge in [0.15, 0.2) is 0 Å². The van der Waals surface area contributed by atoms with E-state index < -0.39 is 50.8 Å². The Morgan fingerprint density at radius 2 is 1.63 bits per heavy atom. The molecule has 0 spiro atoms. The van der Waals surface area contributed by atoms with Crippen LogP contribution in [-0.2, 0) is 21.0 Å². The number of hydrogen-bond donors (Lipinski definition) is 2. The van der Waals surface area contributed by atoms with E-state index in [0.29, 0.717) is 10.4 Å². The van der Waals surface area contributed by atoms with Gasteiger partial charge in [-0.2, -0.15) is 13.2 Å². The van der Waals surface area contributed by atoms with Crippen LogP contribution in [0.25, 0.3) is 0 Å². The molecule has 0 atom stereocenters. The highest BCUT2D eigenvalue weighted by Crippen LogP contribution is 2.38. The first kappa shape index (κ1) is 29.0. The molecule has 0 aromatic heterocycles. The second kappa shape index (κ2) is 11.4. The highest BCUT2D eigenvalue weighted by molar-refractivity contribution is 7.92. The van der Waals surface area contributed by atoms with Crippen molar-refractivity contribution in [2.75, 3.05) is 16.2 Å². The molecule has 0 radical (unpaired) electrons. The molecule has 7 nitrogen and oxygen atoms in total. The summed E-state index contributed by atoms with van der Waals surface area (Å²) in [6.45, 7) is 4.38. The quantitative estimate of drug-likeness (QED) is 0.368. The number of aryl methyl sites for hydroxylation is 1. The number of carbonyl (C=O) groups is 2. The Morgan fingerprint density at radius 3 is 2.24 bits per heavy atom. The molecule has 0 aliphatic rings. The maximum atomic E-state index is 13.5. The topological polar surface area (TPSA) is 95.6 Å². The molecule has 0 saturated heterocycles. The number of benzene rings is 3. The summed E-state index contributed by atoms with van der Waals surface area (Å²) < 4.78 is 68.3. The lowest BCUT2D eigenvalue weighted by Gasteiger charge is -2.25. The number of amides is 2. The molecular formula is C26H25ClF3N3O4S. The van der Waals surface area contributed by atoms with Crippen LogP contribution < -0.4 is 14.9 Å². The monoisotopic (exact) mass is 567 g/mol. The molecule has 0 aliphatic carbocycles. The van der Waals surface area contributed by atoms with Gasteiger partial charge >= 0.3 is 6.18 Å². The van der Waals surface area contributed by atoms with Crippen molar-refractivity contribution in [2.45, 2.75) is 37.9 Å². The van der Waals surface area contributed by atoms with Gasteiger partial charge in [-0.25, -0.2) is 8.42 Å². The Bertz CT molecular complexity index is 1440. The van der Waals surface area contributed by atoms with Crippen molar-refractivity contribution in [1.29, 1.82) is 0 Å². The lowest BCUT2D eigenvalue weighted by atomic mass is 10.1. The van der Waals surface area contributed by atoms with Crippen LogP contribution in [0.3, 0.4) is 0 Å². The first-order chi connectivity index (χ1) is 17.7. The Balaban J connectivity index is 2.03. The first-order valence-electron chi connectivity index (χ1n) is 11.4. The molecule has 2 N–H and O–H groups in total. The molecule has 3 aromatic rings. The van der Waals surface area contributed by atoms with Crippen LogP contribution in [0.5, 0.6) is 0 Å². The highest BCUT2D eigenvalue weighted by atomic mass is 35.5. The molecule has 38 heavy (non-hydrogen) atoms. The average molecular weight is 568 g/mol. The number of sulfonamides is 1. The zero-order valence-electron chi connectivity index (χ0n) is 20.6. The van der Waals surface area contributed by atoms with E-state index in [2.05, 4.69) is 10.6 Å². The van der Waals surface area contributed by atoms with Gasteiger partial charge in [0.25, 0.3) is 15.9 Å². The van der Waals surface area contributed by atoms with Gasteiger partial charge in [0.1, 0.15) is 6.54 Å². The minimum Gasteiger partial charge on any atom is -0.350 e. The van der Waals surface area contributed by atoms with Gasteiger partial charge in [-0.15, -0.1) is 0 Å². The lowest BCUT2D eigenvalue weighted by Crippen LogP contribution is -2.38. The van der Waals surface area contributed by atoms with E-state index in [1.165, 1.54) is 36.4 Å². The molecule has 0 unspecified atom stereocenters. The number of rotatable bonds is 8. The van der Waals surface area contributed by atoms with Crippen molar-refractivity contribution in [3.8, 4) is 0 Å². The normalized spacial score (nSPS) is 11.8. The molecule has 0 heterocycles. The highest BCUT2D eigenvalue weighted by Gasteiger charge is 2.35. The number of hydrogen-bond acceptors (Lipinski definition) is 4. The molecule has 12 heteroatoms. The average Bonchev–Trinajstić information content (AvgIpc) is 2.82. The van der Waals surface area contributed by atoms with E-state index in [1.54, 1.807) is 32.9 Å². The SMILES string of the molecule is Cc1ccc(S(=O)(=O)N(CC(=O)Nc2ccccc2C(=O)NC(C)C)c2ccc(Cl)c(C(F)(F)F)c2)cc1. The van der Waals surface area contributed by atoms with Crippen LogP contribution in [0.15, 0.2) is 71.6 Å². The van der Waals surface area contributed by atoms with E-state index in [0.717, 1.165) is 17.7 Å². The van der Waals surface area contributed by atoms with Crippen molar-refractivity contribution in [3.63, 3.8) is 0 Å².